The Hall–Kier alpha value is -1.18. The number of allylic oxidation sites excluding steroid dienone is 2. The molecule has 2 atom stereocenters. The lowest BCUT2D eigenvalue weighted by atomic mass is 10.0. The van der Waals surface area contributed by atoms with Crippen LogP contribution < -0.4 is 0 Å². The molecule has 11 heavy (non-hydrogen) atoms. The molecule has 2 bridgehead atoms. The van der Waals surface area contributed by atoms with Gasteiger partial charge in [0.05, 0.1) is 12.4 Å². The van der Waals surface area contributed by atoms with E-state index in [4.69, 9.17) is 0 Å². The lowest BCUT2D eigenvalue weighted by Gasteiger charge is -2.06. The van der Waals surface area contributed by atoms with Crippen LogP contribution in [0.4, 0.5) is 0 Å². The fraction of sp³-hybridized carbons (Fsp3) is 0.333. The standard InChI is InChI=1S/C9H8N2/c1-2-7-3-6(1)8-4-10-11-5-9(7)8/h1-2,4-7H,3H2. The Morgan fingerprint density at radius 2 is 1.55 bits per heavy atom. The summed E-state index contributed by atoms with van der Waals surface area (Å²) in [6, 6.07) is 0. The van der Waals surface area contributed by atoms with Gasteiger partial charge >= 0.3 is 0 Å². The maximum Gasteiger partial charge on any atom is 0.0537 e. The van der Waals surface area contributed by atoms with Gasteiger partial charge in [-0.15, -0.1) is 0 Å². The van der Waals surface area contributed by atoms with Gasteiger partial charge < -0.3 is 0 Å². The molecule has 2 aliphatic rings. The van der Waals surface area contributed by atoms with Crippen molar-refractivity contribution >= 4 is 0 Å². The molecule has 2 heteroatoms. The minimum atomic E-state index is 0.644. The average Bonchev–Trinajstić information content (AvgIpc) is 2.64. The van der Waals surface area contributed by atoms with Gasteiger partial charge in [-0.25, -0.2) is 0 Å². The minimum absolute atomic E-state index is 0.644. The SMILES string of the molecule is C1=CC2CC1c1cnncc12. The van der Waals surface area contributed by atoms with Crippen molar-refractivity contribution in [3.8, 4) is 0 Å². The zero-order valence-electron chi connectivity index (χ0n) is 6.07. The van der Waals surface area contributed by atoms with E-state index in [1.54, 1.807) is 0 Å². The zero-order chi connectivity index (χ0) is 7.26. The maximum absolute atomic E-state index is 3.89. The molecule has 2 unspecified atom stereocenters. The number of hydrogen-bond donors (Lipinski definition) is 0. The van der Waals surface area contributed by atoms with Crippen LogP contribution in [0.25, 0.3) is 0 Å². The molecule has 0 fully saturated rings. The molecule has 1 heterocycles. The zero-order valence-corrected chi connectivity index (χ0v) is 6.07. The third kappa shape index (κ3) is 0.570. The second-order valence-electron chi connectivity index (χ2n) is 3.23. The molecule has 0 radical (unpaired) electrons. The average molecular weight is 144 g/mol. The summed E-state index contributed by atoms with van der Waals surface area (Å²) in [5.74, 6) is 1.29. The summed E-state index contributed by atoms with van der Waals surface area (Å²) in [6.45, 7) is 0. The Labute approximate surface area is 65.0 Å². The fourth-order valence-corrected chi connectivity index (χ4v) is 2.12. The van der Waals surface area contributed by atoms with E-state index >= 15 is 0 Å². The highest BCUT2D eigenvalue weighted by Gasteiger charge is 2.32. The van der Waals surface area contributed by atoms with Crippen LogP contribution in [-0.4, -0.2) is 10.2 Å². The molecule has 0 saturated carbocycles. The summed E-state index contributed by atoms with van der Waals surface area (Å²) in [4.78, 5) is 0. The van der Waals surface area contributed by atoms with Crippen molar-refractivity contribution in [2.45, 2.75) is 18.3 Å². The third-order valence-electron chi connectivity index (χ3n) is 2.68. The monoisotopic (exact) mass is 144 g/mol. The first-order valence-electron chi connectivity index (χ1n) is 3.94. The number of rotatable bonds is 0. The van der Waals surface area contributed by atoms with Crippen molar-refractivity contribution < 1.29 is 0 Å². The van der Waals surface area contributed by atoms with E-state index < -0.39 is 0 Å². The molecular formula is C9H8N2. The quantitative estimate of drug-likeness (QED) is 0.517. The molecule has 0 aromatic carbocycles. The van der Waals surface area contributed by atoms with E-state index in [9.17, 15) is 0 Å². The second-order valence-corrected chi connectivity index (χ2v) is 3.23. The van der Waals surface area contributed by atoms with E-state index in [1.165, 1.54) is 17.5 Å². The van der Waals surface area contributed by atoms with Gasteiger partial charge in [-0.1, -0.05) is 12.2 Å². The predicted octanol–water partition coefficient (Wildman–Crippen LogP) is 1.62. The largest absolute Gasteiger partial charge is 0.159 e. The summed E-state index contributed by atoms with van der Waals surface area (Å²) in [6.07, 6.45) is 9.64. The van der Waals surface area contributed by atoms with Gasteiger partial charge in [0.1, 0.15) is 0 Å². The van der Waals surface area contributed by atoms with Crippen LogP contribution in [0.2, 0.25) is 0 Å². The maximum atomic E-state index is 3.89. The molecule has 0 aliphatic heterocycles. The Kier molecular flexibility index (Phi) is 0.844. The van der Waals surface area contributed by atoms with Crippen molar-refractivity contribution in [3.05, 3.63) is 35.7 Å². The molecule has 0 amide bonds. The van der Waals surface area contributed by atoms with Gasteiger partial charge in [-0.3, -0.25) is 0 Å². The first kappa shape index (κ1) is 5.47. The Morgan fingerprint density at radius 3 is 2.09 bits per heavy atom. The van der Waals surface area contributed by atoms with Gasteiger partial charge in [0.2, 0.25) is 0 Å². The predicted molar refractivity (Wildman–Crippen MR) is 41.3 cm³/mol. The summed E-state index contributed by atoms with van der Waals surface area (Å²) in [7, 11) is 0. The van der Waals surface area contributed by atoms with Crippen LogP contribution in [0.5, 0.6) is 0 Å². The van der Waals surface area contributed by atoms with Crippen LogP contribution in [0.15, 0.2) is 24.5 Å². The smallest absolute Gasteiger partial charge is 0.0537 e. The summed E-state index contributed by atoms with van der Waals surface area (Å²) in [5.41, 5.74) is 2.79. The molecule has 2 aliphatic carbocycles. The number of hydrogen-bond acceptors (Lipinski definition) is 2. The Morgan fingerprint density at radius 1 is 1.00 bits per heavy atom. The van der Waals surface area contributed by atoms with Gasteiger partial charge in [0, 0.05) is 11.8 Å². The molecule has 54 valence electrons. The molecule has 0 N–H and O–H groups in total. The van der Waals surface area contributed by atoms with Gasteiger partial charge in [0.25, 0.3) is 0 Å². The van der Waals surface area contributed by atoms with E-state index in [1.807, 2.05) is 12.4 Å². The number of fused-ring (bicyclic) bond motifs is 5. The van der Waals surface area contributed by atoms with Crippen molar-refractivity contribution in [1.29, 1.82) is 0 Å². The van der Waals surface area contributed by atoms with Crippen LogP contribution in [0.1, 0.15) is 29.4 Å². The Bertz CT molecular complexity index is 299. The molecule has 3 rings (SSSR count). The van der Waals surface area contributed by atoms with Crippen molar-refractivity contribution in [3.63, 3.8) is 0 Å². The summed E-state index contributed by atoms with van der Waals surface area (Å²) >= 11 is 0. The lowest BCUT2D eigenvalue weighted by Crippen LogP contribution is -1.94. The van der Waals surface area contributed by atoms with E-state index in [0.717, 1.165) is 0 Å². The van der Waals surface area contributed by atoms with Gasteiger partial charge in [-0.05, 0) is 17.5 Å². The lowest BCUT2D eigenvalue weighted by molar-refractivity contribution is 0.804. The van der Waals surface area contributed by atoms with Crippen LogP contribution in [0, 0.1) is 0 Å². The van der Waals surface area contributed by atoms with E-state index in [-0.39, 0.29) is 0 Å². The first-order valence-corrected chi connectivity index (χ1v) is 3.94. The van der Waals surface area contributed by atoms with Crippen LogP contribution in [-0.2, 0) is 0 Å². The molecule has 0 saturated heterocycles. The second kappa shape index (κ2) is 1.70. The topological polar surface area (TPSA) is 25.8 Å². The summed E-state index contributed by atoms with van der Waals surface area (Å²) < 4.78 is 0. The highest BCUT2D eigenvalue weighted by atomic mass is 15.1. The molecule has 0 spiro atoms. The van der Waals surface area contributed by atoms with E-state index in [0.29, 0.717) is 11.8 Å². The first-order chi connectivity index (χ1) is 5.45. The molecular weight excluding hydrogens is 136 g/mol. The number of aromatic nitrogens is 2. The minimum Gasteiger partial charge on any atom is -0.159 e. The van der Waals surface area contributed by atoms with Crippen molar-refractivity contribution in [1.82, 2.24) is 10.2 Å². The van der Waals surface area contributed by atoms with Crippen LogP contribution in [0.3, 0.4) is 0 Å². The molecule has 1 aromatic heterocycles. The van der Waals surface area contributed by atoms with Crippen molar-refractivity contribution in [2.24, 2.45) is 0 Å². The van der Waals surface area contributed by atoms with Gasteiger partial charge in [0.15, 0.2) is 0 Å². The fourth-order valence-electron chi connectivity index (χ4n) is 2.12. The van der Waals surface area contributed by atoms with E-state index in [2.05, 4.69) is 22.3 Å². The molecule has 2 nitrogen and oxygen atoms in total. The highest BCUT2D eigenvalue weighted by Crippen LogP contribution is 2.47. The van der Waals surface area contributed by atoms with Crippen molar-refractivity contribution in [2.75, 3.05) is 0 Å². The molecule has 1 aromatic rings. The van der Waals surface area contributed by atoms with Gasteiger partial charge in [-0.2, -0.15) is 10.2 Å². The third-order valence-corrected chi connectivity index (χ3v) is 2.68. The number of nitrogens with zero attached hydrogens (tertiary/aromatic N) is 2. The van der Waals surface area contributed by atoms with Crippen LogP contribution >= 0.6 is 0 Å². The highest BCUT2D eigenvalue weighted by molar-refractivity contribution is 5.44. The summed E-state index contributed by atoms with van der Waals surface area (Å²) in [5, 5.41) is 7.78. The normalized spacial score (nSPS) is 30.9. The Balaban J connectivity index is 2.28.